The topological polar surface area (TPSA) is 115 Å². The maximum Gasteiger partial charge on any atom is 0.248 e. The summed E-state index contributed by atoms with van der Waals surface area (Å²) in [6.07, 6.45) is 5.58. The van der Waals surface area contributed by atoms with Gasteiger partial charge in [0.1, 0.15) is 0 Å². The lowest BCUT2D eigenvalue weighted by atomic mass is 9.86. The molecule has 1 unspecified atom stereocenters. The molecule has 1 atom stereocenters. The number of anilines is 1. The number of benzene rings is 1. The summed E-state index contributed by atoms with van der Waals surface area (Å²) < 4.78 is 27.1. The van der Waals surface area contributed by atoms with Crippen LogP contribution in [-0.4, -0.2) is 29.5 Å². The van der Waals surface area contributed by atoms with Crippen LogP contribution in [0.15, 0.2) is 48.1 Å². The van der Waals surface area contributed by atoms with Crippen molar-refractivity contribution < 1.29 is 13.2 Å². The number of sulfonamides is 1. The standard InChI is InChI=1S/C21H22N4O3S2/c1-2-16(19-12-29-21(24-19)25-30(27,28)15-6-7-15)18-10-13(20(22)26)5-8-17(18)14-4-3-9-23-11-14/h3-5,8-12,15-16H,2,6-7H2,1H3,(H2,22,26)(H,24,25). The van der Waals surface area contributed by atoms with Crippen LogP contribution in [0.5, 0.6) is 0 Å². The summed E-state index contributed by atoms with van der Waals surface area (Å²) in [6.45, 7) is 2.03. The highest BCUT2D eigenvalue weighted by atomic mass is 32.2. The Morgan fingerprint density at radius 1 is 1.33 bits per heavy atom. The smallest absolute Gasteiger partial charge is 0.248 e. The summed E-state index contributed by atoms with van der Waals surface area (Å²) in [5.74, 6) is -0.630. The van der Waals surface area contributed by atoms with Crippen LogP contribution in [0.2, 0.25) is 0 Å². The van der Waals surface area contributed by atoms with E-state index in [-0.39, 0.29) is 11.2 Å². The van der Waals surface area contributed by atoms with Crippen LogP contribution in [0.25, 0.3) is 11.1 Å². The Hall–Kier alpha value is -2.78. The van der Waals surface area contributed by atoms with Crippen LogP contribution in [0.4, 0.5) is 5.13 Å². The normalized spacial score (nSPS) is 15.0. The Bertz CT molecular complexity index is 1170. The molecular weight excluding hydrogens is 420 g/mol. The number of pyridine rings is 1. The first kappa shape index (κ1) is 20.5. The zero-order chi connectivity index (χ0) is 21.3. The maximum absolute atomic E-state index is 12.2. The third-order valence-electron chi connectivity index (χ3n) is 5.16. The number of aromatic nitrogens is 2. The average molecular weight is 443 g/mol. The van der Waals surface area contributed by atoms with Gasteiger partial charge in [0, 0.05) is 34.8 Å². The van der Waals surface area contributed by atoms with Crippen molar-refractivity contribution in [1.29, 1.82) is 0 Å². The number of hydrogen-bond donors (Lipinski definition) is 2. The van der Waals surface area contributed by atoms with Crippen molar-refractivity contribution in [2.24, 2.45) is 5.73 Å². The molecule has 2 aromatic heterocycles. The van der Waals surface area contributed by atoms with E-state index in [0.29, 0.717) is 30.0 Å². The zero-order valence-corrected chi connectivity index (χ0v) is 18.0. The summed E-state index contributed by atoms with van der Waals surface area (Å²) in [5.41, 5.74) is 9.46. The SMILES string of the molecule is CCC(c1csc(NS(=O)(=O)C2CC2)n1)c1cc(C(N)=O)ccc1-c1cccnc1. The molecule has 1 aliphatic rings. The summed E-state index contributed by atoms with van der Waals surface area (Å²) in [6, 6.07) is 9.19. The van der Waals surface area contributed by atoms with E-state index >= 15 is 0 Å². The number of nitrogens with two attached hydrogens (primary N) is 1. The number of carbonyl (C=O) groups is 1. The number of primary amides is 1. The lowest BCUT2D eigenvalue weighted by molar-refractivity contribution is 0.1000. The number of nitrogens with zero attached hydrogens (tertiary/aromatic N) is 2. The molecule has 1 aliphatic carbocycles. The van der Waals surface area contributed by atoms with E-state index in [1.165, 1.54) is 11.3 Å². The average Bonchev–Trinajstić information content (AvgIpc) is 3.51. The second-order valence-electron chi connectivity index (χ2n) is 7.29. The summed E-state index contributed by atoms with van der Waals surface area (Å²) in [7, 11) is -3.36. The zero-order valence-electron chi connectivity index (χ0n) is 16.4. The van der Waals surface area contributed by atoms with Gasteiger partial charge in [-0.15, -0.1) is 11.3 Å². The molecule has 0 aliphatic heterocycles. The van der Waals surface area contributed by atoms with Crippen molar-refractivity contribution in [2.75, 3.05) is 4.72 Å². The number of nitrogens with one attached hydrogen (secondary N) is 1. The van der Waals surface area contributed by atoms with E-state index < -0.39 is 15.9 Å². The third kappa shape index (κ3) is 4.22. The van der Waals surface area contributed by atoms with Gasteiger partial charge in [-0.25, -0.2) is 13.4 Å². The molecule has 0 saturated heterocycles. The molecular formula is C21H22N4O3S2. The van der Waals surface area contributed by atoms with Gasteiger partial charge in [0.05, 0.1) is 10.9 Å². The molecule has 156 valence electrons. The largest absolute Gasteiger partial charge is 0.366 e. The van der Waals surface area contributed by atoms with Crippen molar-refractivity contribution in [3.8, 4) is 11.1 Å². The number of rotatable bonds is 8. The van der Waals surface area contributed by atoms with Crippen molar-refractivity contribution in [3.63, 3.8) is 0 Å². The molecule has 9 heteroatoms. The molecule has 0 spiro atoms. The minimum Gasteiger partial charge on any atom is -0.366 e. The molecule has 30 heavy (non-hydrogen) atoms. The van der Waals surface area contributed by atoms with E-state index in [1.807, 2.05) is 30.5 Å². The molecule has 4 rings (SSSR count). The van der Waals surface area contributed by atoms with Gasteiger partial charge >= 0.3 is 0 Å². The second kappa shape index (κ2) is 8.16. The Morgan fingerprint density at radius 2 is 2.13 bits per heavy atom. The highest BCUT2D eigenvalue weighted by Crippen LogP contribution is 2.38. The van der Waals surface area contributed by atoms with E-state index in [0.717, 1.165) is 22.4 Å². The molecule has 1 amide bonds. The fraction of sp³-hybridized carbons (Fsp3) is 0.286. The monoisotopic (exact) mass is 442 g/mol. The molecule has 1 aromatic carbocycles. The quantitative estimate of drug-likeness (QED) is 0.551. The van der Waals surface area contributed by atoms with Crippen LogP contribution in [0.1, 0.15) is 53.7 Å². The Labute approximate surface area is 179 Å². The van der Waals surface area contributed by atoms with Gasteiger partial charge in [-0.05, 0) is 48.6 Å². The van der Waals surface area contributed by atoms with Gasteiger partial charge in [-0.3, -0.25) is 14.5 Å². The highest BCUT2D eigenvalue weighted by Gasteiger charge is 2.36. The van der Waals surface area contributed by atoms with Gasteiger partial charge in [-0.1, -0.05) is 19.1 Å². The number of carbonyl (C=O) groups excluding carboxylic acids is 1. The summed E-state index contributed by atoms with van der Waals surface area (Å²) in [4.78, 5) is 20.6. The van der Waals surface area contributed by atoms with Crippen LogP contribution in [-0.2, 0) is 10.0 Å². The van der Waals surface area contributed by atoms with Gasteiger partial charge in [0.2, 0.25) is 15.9 Å². The number of amides is 1. The molecule has 1 fully saturated rings. The first-order valence-electron chi connectivity index (χ1n) is 9.70. The molecule has 2 heterocycles. The predicted octanol–water partition coefficient (Wildman–Crippen LogP) is 3.75. The second-order valence-corrected chi connectivity index (χ2v) is 10.1. The lowest BCUT2D eigenvalue weighted by Gasteiger charge is -2.19. The van der Waals surface area contributed by atoms with E-state index in [1.54, 1.807) is 24.5 Å². The van der Waals surface area contributed by atoms with Gasteiger partial charge in [-0.2, -0.15) is 0 Å². The summed E-state index contributed by atoms with van der Waals surface area (Å²) >= 11 is 1.27. The van der Waals surface area contributed by atoms with E-state index in [4.69, 9.17) is 5.73 Å². The molecule has 0 radical (unpaired) electrons. The Balaban J connectivity index is 1.74. The van der Waals surface area contributed by atoms with Gasteiger partial charge in [0.15, 0.2) is 5.13 Å². The first-order valence-corrected chi connectivity index (χ1v) is 12.1. The number of thiazole rings is 1. The molecule has 3 N–H and O–H groups in total. The van der Waals surface area contributed by atoms with Gasteiger partial charge in [0.25, 0.3) is 0 Å². The van der Waals surface area contributed by atoms with Crippen molar-refractivity contribution in [2.45, 2.75) is 37.4 Å². The first-order chi connectivity index (χ1) is 14.4. The van der Waals surface area contributed by atoms with Crippen LogP contribution in [0, 0.1) is 0 Å². The van der Waals surface area contributed by atoms with Crippen LogP contribution in [0.3, 0.4) is 0 Å². The molecule has 3 aromatic rings. The van der Waals surface area contributed by atoms with Crippen molar-refractivity contribution >= 4 is 32.4 Å². The fourth-order valence-electron chi connectivity index (χ4n) is 3.45. The Morgan fingerprint density at radius 3 is 2.77 bits per heavy atom. The van der Waals surface area contributed by atoms with Gasteiger partial charge < -0.3 is 5.73 Å². The van der Waals surface area contributed by atoms with Crippen molar-refractivity contribution in [3.05, 3.63) is 64.9 Å². The minimum atomic E-state index is -3.36. The fourth-order valence-corrected chi connectivity index (χ4v) is 5.81. The van der Waals surface area contributed by atoms with E-state index in [2.05, 4.69) is 14.7 Å². The summed E-state index contributed by atoms with van der Waals surface area (Å²) in [5, 5.41) is 1.92. The number of hydrogen-bond acceptors (Lipinski definition) is 6. The maximum atomic E-state index is 12.2. The third-order valence-corrected chi connectivity index (χ3v) is 7.90. The molecule has 1 saturated carbocycles. The van der Waals surface area contributed by atoms with E-state index in [9.17, 15) is 13.2 Å². The minimum absolute atomic E-state index is 0.130. The highest BCUT2D eigenvalue weighted by molar-refractivity contribution is 7.93. The Kier molecular flexibility index (Phi) is 5.57. The molecule has 0 bridgehead atoms. The molecule has 7 nitrogen and oxygen atoms in total. The van der Waals surface area contributed by atoms with Crippen LogP contribution >= 0.6 is 11.3 Å². The van der Waals surface area contributed by atoms with Crippen molar-refractivity contribution in [1.82, 2.24) is 9.97 Å². The lowest BCUT2D eigenvalue weighted by Crippen LogP contribution is -2.17. The predicted molar refractivity (Wildman–Crippen MR) is 118 cm³/mol. The van der Waals surface area contributed by atoms with Crippen LogP contribution < -0.4 is 10.5 Å².